The number of aliphatic hydroxyl groups is 2. The minimum Gasteiger partial charge on any atom is -0.396 e. The zero-order chi connectivity index (χ0) is 19.3. The molecule has 0 aliphatic carbocycles. The van der Waals surface area contributed by atoms with Crippen molar-refractivity contribution in [3.05, 3.63) is 10.4 Å². The van der Waals surface area contributed by atoms with E-state index in [1.807, 2.05) is 0 Å². The van der Waals surface area contributed by atoms with Gasteiger partial charge in [0.15, 0.2) is 0 Å². The third kappa shape index (κ3) is 70.2. The van der Waals surface area contributed by atoms with E-state index in [9.17, 15) is 0 Å². The van der Waals surface area contributed by atoms with Crippen LogP contribution >= 0.6 is 0 Å². The first kappa shape index (κ1) is 42.7. The topological polar surface area (TPSA) is 89.2 Å². The Balaban J connectivity index is -0.0000000275. The van der Waals surface area contributed by atoms with Crippen molar-refractivity contribution in [2.45, 2.75) is 12.5 Å². The summed E-state index contributed by atoms with van der Waals surface area (Å²) in [7, 11) is 0. The number of rotatable bonds is 3. The minimum absolute atomic E-state index is 0.340. The van der Waals surface area contributed by atoms with E-state index in [-0.39, 0.29) is 13.2 Å². The van der Waals surface area contributed by atoms with Gasteiger partial charge >= 0.3 is 0 Å². The molecule has 0 rings (SSSR count). The Labute approximate surface area is 108 Å². The average molecular weight is 359 g/mol. The summed E-state index contributed by atoms with van der Waals surface area (Å²) in [5.74, 6) is 0. The van der Waals surface area contributed by atoms with Gasteiger partial charge in [-0.25, -0.2) is 0 Å². The van der Waals surface area contributed by atoms with Crippen LogP contribution in [0.2, 0.25) is 0 Å². The van der Waals surface area contributed by atoms with Crippen LogP contribution in [0, 0.1) is 0 Å². The maximum absolute atomic E-state index is 8.49. The Bertz CT molecular complexity index is 146. The highest BCUT2D eigenvalue weighted by molar-refractivity contribution is 4.80. The van der Waals surface area contributed by atoms with E-state index in [1.54, 1.807) is 0 Å². The summed E-state index contributed by atoms with van der Waals surface area (Å²) in [6.07, 6.45) is 0. The fraction of sp³-hybridized carbons (Fsp3) is 1.00. The van der Waals surface area contributed by atoms with Crippen LogP contribution in [0.25, 0.3) is 10.4 Å². The molecule has 0 fully saturated rings. The van der Waals surface area contributed by atoms with Gasteiger partial charge in [-0.15, -0.1) is 0 Å². The summed E-state index contributed by atoms with van der Waals surface area (Å²) in [5, 5.41) is 20.2. The lowest BCUT2D eigenvalue weighted by Crippen LogP contribution is -2.30. The highest BCUT2D eigenvalue weighted by Crippen LogP contribution is 2.06. The lowest BCUT2D eigenvalue weighted by Gasteiger charge is -2.15. The summed E-state index contributed by atoms with van der Waals surface area (Å²) in [4.78, 5) is 2.45. The Hall–Kier alpha value is -1.61. The number of hydrogen-bond acceptors (Lipinski definition) is 3. The molecule has 0 bridgehead atoms. The lowest BCUT2D eigenvalue weighted by molar-refractivity contribution is 0.108. The molecule has 5 nitrogen and oxygen atoms in total. The maximum atomic E-state index is 8.49. The minimum atomic E-state index is -1.05. The SMILES string of the molecule is CC(CO)(CO)N=[N+]=[N-].FF.FF.FF.FF.FF.FF. The Morgan fingerprint density at radius 1 is 0.762 bits per heavy atom. The molecule has 0 aromatic carbocycles. The predicted molar refractivity (Wildman–Crippen MR) is 45.0 cm³/mol. The Kier molecular flexibility index (Phi) is 161. The van der Waals surface area contributed by atoms with Crippen LogP contribution in [-0.2, 0) is 0 Å². The van der Waals surface area contributed by atoms with Crippen molar-refractivity contribution in [3.8, 4) is 0 Å². The van der Waals surface area contributed by atoms with Gasteiger partial charge in [-0.3, -0.25) is 0 Å². The Morgan fingerprint density at radius 3 is 1.00 bits per heavy atom. The summed E-state index contributed by atoms with van der Waals surface area (Å²) in [5.41, 5.74) is 6.85. The van der Waals surface area contributed by atoms with E-state index < -0.39 is 5.54 Å². The maximum Gasteiger partial charge on any atom is 0.0920 e. The molecule has 0 aliphatic rings. The highest BCUT2D eigenvalue weighted by atomic mass is 20.0. The van der Waals surface area contributed by atoms with Crippen molar-refractivity contribution < 1.29 is 65.1 Å². The number of azide groups is 1. The first-order chi connectivity index (χ1) is 10.2. The molecule has 136 valence electrons. The molecule has 0 aromatic heterocycles. The van der Waals surface area contributed by atoms with Gasteiger partial charge in [-0.1, -0.05) is 5.11 Å². The van der Waals surface area contributed by atoms with Crippen molar-refractivity contribution in [3.63, 3.8) is 0 Å². The predicted octanol–water partition coefficient (Wildman–Crippen LogP) is 5.08. The Morgan fingerprint density at radius 2 is 0.952 bits per heavy atom. The molecule has 0 saturated carbocycles. The van der Waals surface area contributed by atoms with Crippen LogP contribution in [-0.4, -0.2) is 29.0 Å². The van der Waals surface area contributed by atoms with E-state index in [1.165, 1.54) is 6.92 Å². The molecule has 0 aromatic rings. The molecule has 21 heavy (non-hydrogen) atoms. The fourth-order valence-corrected chi connectivity index (χ4v) is 0.221. The standard InChI is InChI=1S/C4H9N3O2.6F2/c1-4(2-8,3-9)6-7-5;6*1-2/h8-9H,2-3H2,1H3;;;;;;. The van der Waals surface area contributed by atoms with E-state index in [0.717, 1.165) is 0 Å². The van der Waals surface area contributed by atoms with E-state index in [0.29, 0.717) is 0 Å². The molecule has 0 radical (unpaired) electrons. The molecule has 0 aliphatic heterocycles. The van der Waals surface area contributed by atoms with Crippen molar-refractivity contribution in [1.29, 1.82) is 0 Å². The van der Waals surface area contributed by atoms with Gasteiger partial charge in [0.25, 0.3) is 0 Å². The quantitative estimate of drug-likeness (QED) is 0.318. The van der Waals surface area contributed by atoms with Crippen LogP contribution in [0.3, 0.4) is 0 Å². The monoisotopic (exact) mass is 359 g/mol. The summed E-state index contributed by atoms with van der Waals surface area (Å²) < 4.78 is 96.0. The number of aliphatic hydroxyl groups excluding tert-OH is 2. The zero-order valence-corrected chi connectivity index (χ0v) is 9.69. The summed E-state index contributed by atoms with van der Waals surface area (Å²) >= 11 is 0. The molecule has 0 heterocycles. The van der Waals surface area contributed by atoms with Gasteiger partial charge in [0.05, 0.1) is 18.8 Å². The molecule has 17 heteroatoms. The van der Waals surface area contributed by atoms with Gasteiger partial charge in [-0.2, -0.15) is 0 Å². The first-order valence-electron chi connectivity index (χ1n) is 3.32. The number of halogens is 12. The average Bonchev–Trinajstić information content (AvgIpc) is 2.65. The smallest absolute Gasteiger partial charge is 0.0920 e. The normalized spacial score (nSPS) is 6.24. The lowest BCUT2D eigenvalue weighted by atomic mass is 10.1. The van der Waals surface area contributed by atoms with Gasteiger partial charge in [0, 0.05) is 59.8 Å². The van der Waals surface area contributed by atoms with Gasteiger partial charge in [0.2, 0.25) is 0 Å². The number of hydrogen-bond donors (Lipinski definition) is 2. The molecular weight excluding hydrogens is 350 g/mol. The van der Waals surface area contributed by atoms with Gasteiger partial charge in [-0.05, 0) is 12.5 Å². The second kappa shape index (κ2) is 79.0. The summed E-state index contributed by atoms with van der Waals surface area (Å²) in [6.45, 7) is 0.786. The summed E-state index contributed by atoms with van der Waals surface area (Å²) in [6, 6.07) is 0. The van der Waals surface area contributed by atoms with E-state index in [2.05, 4.69) is 10.0 Å². The van der Waals surface area contributed by atoms with Crippen LogP contribution in [0.15, 0.2) is 5.11 Å². The molecule has 0 atom stereocenters. The van der Waals surface area contributed by atoms with E-state index >= 15 is 0 Å². The molecule has 2 N–H and O–H groups in total. The second-order valence-electron chi connectivity index (χ2n) is 2.00. The number of nitrogens with zero attached hydrogens (tertiary/aromatic N) is 3. The highest BCUT2D eigenvalue weighted by Gasteiger charge is 2.19. The molecular formula is C4H9F12N3O2. The fourth-order valence-electron chi connectivity index (χ4n) is 0.221. The molecule has 0 amide bonds. The molecule has 0 unspecified atom stereocenters. The van der Waals surface area contributed by atoms with Crippen molar-refractivity contribution in [1.82, 2.24) is 0 Å². The second-order valence-corrected chi connectivity index (χ2v) is 2.00. The van der Waals surface area contributed by atoms with Gasteiger partial charge < -0.3 is 10.2 Å². The van der Waals surface area contributed by atoms with Gasteiger partial charge in [0.1, 0.15) is 0 Å². The largest absolute Gasteiger partial charge is 0.396 e. The van der Waals surface area contributed by atoms with Crippen LogP contribution in [0.1, 0.15) is 6.92 Å². The molecule has 0 saturated heterocycles. The molecule has 0 spiro atoms. The van der Waals surface area contributed by atoms with Crippen molar-refractivity contribution in [2.75, 3.05) is 13.2 Å². The zero-order valence-electron chi connectivity index (χ0n) is 9.69. The van der Waals surface area contributed by atoms with Crippen molar-refractivity contribution >= 4 is 0 Å². The first-order valence-corrected chi connectivity index (χ1v) is 3.32. The van der Waals surface area contributed by atoms with Crippen molar-refractivity contribution in [2.24, 2.45) is 5.11 Å². The van der Waals surface area contributed by atoms with E-state index in [4.69, 9.17) is 70.6 Å². The van der Waals surface area contributed by atoms with Crippen LogP contribution < -0.4 is 0 Å². The third-order valence-electron chi connectivity index (χ3n) is 0.967. The van der Waals surface area contributed by atoms with Crippen LogP contribution in [0.5, 0.6) is 0 Å². The third-order valence-corrected chi connectivity index (χ3v) is 0.967. The van der Waals surface area contributed by atoms with Crippen LogP contribution in [0.4, 0.5) is 54.9 Å².